The van der Waals surface area contributed by atoms with Gasteiger partial charge in [-0.15, -0.1) is 0 Å². The molecule has 0 radical (unpaired) electrons. The normalized spacial score (nSPS) is 21.6. The monoisotopic (exact) mass is 324 g/mol. The molecule has 1 unspecified atom stereocenters. The van der Waals surface area contributed by atoms with Crippen LogP contribution in [0.1, 0.15) is 38.7 Å². The van der Waals surface area contributed by atoms with E-state index < -0.39 is 0 Å². The smallest absolute Gasteiger partial charge is 0.0318 e. The number of rotatable bonds is 3. The zero-order chi connectivity index (χ0) is 13.8. The van der Waals surface area contributed by atoms with Gasteiger partial charge < -0.3 is 5.73 Å². The van der Waals surface area contributed by atoms with Crippen molar-refractivity contribution in [1.82, 2.24) is 4.90 Å². The van der Waals surface area contributed by atoms with Gasteiger partial charge in [0.1, 0.15) is 0 Å². The van der Waals surface area contributed by atoms with Crippen LogP contribution >= 0.6 is 15.9 Å². The van der Waals surface area contributed by atoms with E-state index in [4.69, 9.17) is 5.73 Å². The molecule has 2 rings (SSSR count). The molecule has 2 nitrogen and oxygen atoms in total. The maximum Gasteiger partial charge on any atom is 0.0318 e. The first-order chi connectivity index (χ1) is 9.06. The van der Waals surface area contributed by atoms with E-state index in [1.165, 1.54) is 42.4 Å². The minimum atomic E-state index is 0.819. The van der Waals surface area contributed by atoms with Crippen molar-refractivity contribution >= 4 is 21.6 Å². The molecule has 1 aliphatic heterocycles. The zero-order valence-electron chi connectivity index (χ0n) is 12.0. The third kappa shape index (κ3) is 4.22. The third-order valence-electron chi connectivity index (χ3n) is 4.27. The van der Waals surface area contributed by atoms with Crippen LogP contribution in [0.4, 0.5) is 5.69 Å². The molecule has 3 heteroatoms. The summed E-state index contributed by atoms with van der Waals surface area (Å²) in [5.41, 5.74) is 8.05. The molecule has 1 fully saturated rings. The van der Waals surface area contributed by atoms with E-state index in [9.17, 15) is 0 Å². The average Bonchev–Trinajstić information content (AvgIpc) is 2.59. The van der Waals surface area contributed by atoms with E-state index in [-0.39, 0.29) is 0 Å². The summed E-state index contributed by atoms with van der Waals surface area (Å²) in [5.74, 6) is 1.72. The summed E-state index contributed by atoms with van der Waals surface area (Å²) in [4.78, 5) is 2.57. The Morgan fingerprint density at radius 1 is 1.32 bits per heavy atom. The van der Waals surface area contributed by atoms with Crippen LogP contribution in [0.25, 0.3) is 0 Å². The summed E-state index contributed by atoms with van der Waals surface area (Å²) >= 11 is 3.63. The molecule has 1 heterocycles. The Hall–Kier alpha value is -0.540. The van der Waals surface area contributed by atoms with Crippen LogP contribution in [0.15, 0.2) is 22.7 Å². The van der Waals surface area contributed by atoms with Crippen molar-refractivity contribution in [3.8, 4) is 0 Å². The number of halogens is 1. The molecule has 106 valence electrons. The maximum absolute atomic E-state index is 5.89. The van der Waals surface area contributed by atoms with Gasteiger partial charge in [-0.1, -0.05) is 29.8 Å². The van der Waals surface area contributed by atoms with Crippen molar-refractivity contribution in [2.45, 2.75) is 39.7 Å². The standard InChI is InChI=1S/C16H25BrN2/c1-12(2)13-4-3-8-19(9-7-13)11-14-10-15(18)5-6-16(14)17/h5-6,10,12-13H,3-4,7-9,11,18H2,1-2H3. The van der Waals surface area contributed by atoms with Crippen LogP contribution in [0.3, 0.4) is 0 Å². The highest BCUT2D eigenvalue weighted by Gasteiger charge is 2.19. The van der Waals surface area contributed by atoms with E-state index in [0.29, 0.717) is 0 Å². The third-order valence-corrected chi connectivity index (χ3v) is 5.05. The van der Waals surface area contributed by atoms with Crippen LogP contribution in [-0.4, -0.2) is 18.0 Å². The number of anilines is 1. The molecule has 0 saturated carbocycles. The van der Waals surface area contributed by atoms with Crippen LogP contribution in [0.5, 0.6) is 0 Å². The molecule has 0 bridgehead atoms. The number of nitrogen functional groups attached to an aromatic ring is 1. The van der Waals surface area contributed by atoms with Gasteiger partial charge in [0.15, 0.2) is 0 Å². The number of hydrogen-bond donors (Lipinski definition) is 1. The number of hydrogen-bond acceptors (Lipinski definition) is 2. The van der Waals surface area contributed by atoms with Crippen molar-refractivity contribution in [2.75, 3.05) is 18.8 Å². The highest BCUT2D eigenvalue weighted by Crippen LogP contribution is 2.27. The van der Waals surface area contributed by atoms with Gasteiger partial charge >= 0.3 is 0 Å². The van der Waals surface area contributed by atoms with Crippen molar-refractivity contribution in [3.63, 3.8) is 0 Å². The van der Waals surface area contributed by atoms with E-state index in [0.717, 1.165) is 24.1 Å². The maximum atomic E-state index is 5.89. The Morgan fingerprint density at radius 3 is 2.84 bits per heavy atom. The van der Waals surface area contributed by atoms with Crippen molar-refractivity contribution < 1.29 is 0 Å². The van der Waals surface area contributed by atoms with Crippen LogP contribution in [0, 0.1) is 11.8 Å². The Balaban J connectivity index is 1.98. The van der Waals surface area contributed by atoms with E-state index in [1.807, 2.05) is 6.07 Å². The molecule has 0 aromatic heterocycles. The molecule has 19 heavy (non-hydrogen) atoms. The summed E-state index contributed by atoms with van der Waals surface area (Å²) in [6.07, 6.45) is 4.03. The summed E-state index contributed by atoms with van der Waals surface area (Å²) < 4.78 is 1.17. The first kappa shape index (κ1) is 14.9. The predicted molar refractivity (Wildman–Crippen MR) is 86.0 cm³/mol. The molecule has 0 aliphatic carbocycles. The molecule has 1 aromatic rings. The minimum absolute atomic E-state index is 0.819. The quantitative estimate of drug-likeness (QED) is 0.840. The molecule has 0 spiro atoms. The molecular formula is C16H25BrN2. The number of likely N-dealkylation sites (tertiary alicyclic amines) is 1. The lowest BCUT2D eigenvalue weighted by atomic mass is 9.89. The van der Waals surface area contributed by atoms with Gasteiger partial charge in [0.25, 0.3) is 0 Å². The van der Waals surface area contributed by atoms with Crippen molar-refractivity contribution in [3.05, 3.63) is 28.2 Å². The van der Waals surface area contributed by atoms with E-state index in [1.54, 1.807) is 0 Å². The molecule has 1 atom stereocenters. The second kappa shape index (κ2) is 6.76. The summed E-state index contributed by atoms with van der Waals surface area (Å²) in [6, 6.07) is 6.10. The van der Waals surface area contributed by atoms with Gasteiger partial charge in [0, 0.05) is 16.7 Å². The van der Waals surface area contributed by atoms with Crippen molar-refractivity contribution in [1.29, 1.82) is 0 Å². The molecule has 1 aromatic carbocycles. The lowest BCUT2D eigenvalue weighted by Crippen LogP contribution is -2.24. The first-order valence-electron chi connectivity index (χ1n) is 7.32. The fraction of sp³-hybridized carbons (Fsp3) is 0.625. The Labute approximate surface area is 125 Å². The van der Waals surface area contributed by atoms with Gasteiger partial charge in [-0.3, -0.25) is 4.90 Å². The van der Waals surface area contributed by atoms with Gasteiger partial charge in [-0.05, 0) is 68.0 Å². The number of benzene rings is 1. The van der Waals surface area contributed by atoms with Gasteiger partial charge in [0.05, 0.1) is 0 Å². The average molecular weight is 325 g/mol. The van der Waals surface area contributed by atoms with Gasteiger partial charge in [-0.25, -0.2) is 0 Å². The summed E-state index contributed by atoms with van der Waals surface area (Å²) in [5, 5.41) is 0. The van der Waals surface area contributed by atoms with Crippen LogP contribution < -0.4 is 5.73 Å². The molecular weight excluding hydrogens is 300 g/mol. The number of nitrogens with zero attached hydrogens (tertiary/aromatic N) is 1. The zero-order valence-corrected chi connectivity index (χ0v) is 13.6. The Morgan fingerprint density at radius 2 is 2.11 bits per heavy atom. The largest absolute Gasteiger partial charge is 0.399 e. The lowest BCUT2D eigenvalue weighted by Gasteiger charge is -2.22. The second-order valence-corrected chi connectivity index (χ2v) is 6.92. The topological polar surface area (TPSA) is 29.3 Å². The second-order valence-electron chi connectivity index (χ2n) is 6.06. The minimum Gasteiger partial charge on any atom is -0.399 e. The highest BCUT2D eigenvalue weighted by molar-refractivity contribution is 9.10. The number of nitrogens with two attached hydrogens (primary N) is 1. The lowest BCUT2D eigenvalue weighted by molar-refractivity contribution is 0.264. The molecule has 1 saturated heterocycles. The highest BCUT2D eigenvalue weighted by atomic mass is 79.9. The Bertz CT molecular complexity index is 417. The summed E-state index contributed by atoms with van der Waals surface area (Å²) in [6.45, 7) is 8.15. The van der Waals surface area contributed by atoms with Crippen LogP contribution in [0.2, 0.25) is 0 Å². The SMILES string of the molecule is CC(C)C1CCCN(Cc2cc(N)ccc2Br)CC1. The molecule has 1 aliphatic rings. The fourth-order valence-electron chi connectivity index (χ4n) is 2.96. The van der Waals surface area contributed by atoms with Gasteiger partial charge in [-0.2, -0.15) is 0 Å². The molecule has 0 amide bonds. The van der Waals surface area contributed by atoms with E-state index in [2.05, 4.69) is 46.8 Å². The summed E-state index contributed by atoms with van der Waals surface area (Å²) in [7, 11) is 0. The van der Waals surface area contributed by atoms with Crippen LogP contribution in [-0.2, 0) is 6.54 Å². The fourth-order valence-corrected chi connectivity index (χ4v) is 3.34. The predicted octanol–water partition coefficient (Wildman–Crippen LogP) is 4.29. The van der Waals surface area contributed by atoms with Crippen molar-refractivity contribution in [2.24, 2.45) is 11.8 Å². The van der Waals surface area contributed by atoms with Gasteiger partial charge in [0.2, 0.25) is 0 Å². The van der Waals surface area contributed by atoms with E-state index >= 15 is 0 Å². The first-order valence-corrected chi connectivity index (χ1v) is 8.12. The Kier molecular flexibility index (Phi) is 5.28. The molecule has 2 N–H and O–H groups in total.